The molecule has 0 radical (unpaired) electrons. The Balaban J connectivity index is 2.40. The summed E-state index contributed by atoms with van der Waals surface area (Å²) < 4.78 is 5.60. The molecule has 0 aromatic rings. The molecule has 2 N–H and O–H groups in total. The molecule has 0 spiro atoms. The lowest BCUT2D eigenvalue weighted by Crippen LogP contribution is -2.51. The lowest BCUT2D eigenvalue weighted by Gasteiger charge is -2.35. The van der Waals surface area contributed by atoms with Gasteiger partial charge in [-0.2, -0.15) is 0 Å². The van der Waals surface area contributed by atoms with E-state index in [0.717, 1.165) is 19.7 Å². The average molecular weight is 172 g/mol. The van der Waals surface area contributed by atoms with Crippen molar-refractivity contribution < 1.29 is 4.74 Å². The number of hydrogen-bond acceptors (Lipinski definition) is 3. The fraction of sp³-hybridized carbons (Fsp3) is 1.00. The molecule has 1 fully saturated rings. The van der Waals surface area contributed by atoms with Crippen LogP contribution in [0.5, 0.6) is 0 Å². The van der Waals surface area contributed by atoms with Gasteiger partial charge < -0.3 is 15.4 Å². The summed E-state index contributed by atoms with van der Waals surface area (Å²) in [5.41, 5.74) is 6.00. The SMILES string of the molecule is CC(C)C(N)C1CN(C)CCO1. The van der Waals surface area contributed by atoms with Crippen molar-refractivity contribution in [1.82, 2.24) is 4.90 Å². The van der Waals surface area contributed by atoms with Gasteiger partial charge in [0.05, 0.1) is 12.7 Å². The van der Waals surface area contributed by atoms with E-state index < -0.39 is 0 Å². The van der Waals surface area contributed by atoms with E-state index in [2.05, 4.69) is 25.8 Å². The standard InChI is InChI=1S/C9H20N2O/c1-7(2)9(10)8-6-11(3)4-5-12-8/h7-9H,4-6,10H2,1-3H3. The lowest BCUT2D eigenvalue weighted by atomic mass is 9.98. The van der Waals surface area contributed by atoms with Crippen molar-refractivity contribution in [3.63, 3.8) is 0 Å². The maximum atomic E-state index is 6.00. The summed E-state index contributed by atoms with van der Waals surface area (Å²) >= 11 is 0. The summed E-state index contributed by atoms with van der Waals surface area (Å²) in [6, 6.07) is 0.174. The molecule has 12 heavy (non-hydrogen) atoms. The Hall–Kier alpha value is -0.120. The molecule has 0 amide bonds. The van der Waals surface area contributed by atoms with Gasteiger partial charge in [0.25, 0.3) is 0 Å². The van der Waals surface area contributed by atoms with Crippen LogP contribution in [0.15, 0.2) is 0 Å². The van der Waals surface area contributed by atoms with Crippen LogP contribution in [0, 0.1) is 5.92 Å². The Morgan fingerprint density at radius 1 is 1.50 bits per heavy atom. The van der Waals surface area contributed by atoms with Crippen molar-refractivity contribution in [1.29, 1.82) is 0 Å². The van der Waals surface area contributed by atoms with Crippen LogP contribution >= 0.6 is 0 Å². The molecule has 3 heteroatoms. The zero-order valence-electron chi connectivity index (χ0n) is 8.29. The maximum absolute atomic E-state index is 6.00. The summed E-state index contributed by atoms with van der Waals surface area (Å²) in [6.45, 7) is 7.10. The highest BCUT2D eigenvalue weighted by molar-refractivity contribution is 4.81. The molecule has 1 aliphatic rings. The van der Waals surface area contributed by atoms with Gasteiger partial charge in [-0.15, -0.1) is 0 Å². The molecule has 1 rings (SSSR count). The number of ether oxygens (including phenoxy) is 1. The molecule has 1 heterocycles. The maximum Gasteiger partial charge on any atom is 0.0855 e. The second-order valence-electron chi connectivity index (χ2n) is 3.99. The molecule has 0 aromatic heterocycles. The molecule has 3 nitrogen and oxygen atoms in total. The monoisotopic (exact) mass is 172 g/mol. The van der Waals surface area contributed by atoms with Crippen molar-refractivity contribution in [3.05, 3.63) is 0 Å². The van der Waals surface area contributed by atoms with Crippen LogP contribution in [0.3, 0.4) is 0 Å². The summed E-state index contributed by atoms with van der Waals surface area (Å²) in [7, 11) is 2.11. The van der Waals surface area contributed by atoms with Gasteiger partial charge in [0, 0.05) is 19.1 Å². The van der Waals surface area contributed by atoms with E-state index in [1.165, 1.54) is 0 Å². The van der Waals surface area contributed by atoms with Crippen LogP contribution in [0.2, 0.25) is 0 Å². The Morgan fingerprint density at radius 3 is 2.67 bits per heavy atom. The number of morpholine rings is 1. The predicted molar refractivity (Wildman–Crippen MR) is 50.1 cm³/mol. The van der Waals surface area contributed by atoms with Crippen LogP contribution in [0.4, 0.5) is 0 Å². The van der Waals surface area contributed by atoms with Gasteiger partial charge in [0.2, 0.25) is 0 Å². The minimum absolute atomic E-state index is 0.174. The molecule has 2 atom stereocenters. The van der Waals surface area contributed by atoms with Crippen molar-refractivity contribution in [3.8, 4) is 0 Å². The second kappa shape index (κ2) is 4.21. The van der Waals surface area contributed by atoms with E-state index in [1.807, 2.05) is 0 Å². The molecule has 0 saturated carbocycles. The van der Waals surface area contributed by atoms with Crippen LogP contribution < -0.4 is 5.73 Å². The van der Waals surface area contributed by atoms with Crippen molar-refractivity contribution >= 4 is 0 Å². The first kappa shape index (κ1) is 9.96. The second-order valence-corrected chi connectivity index (χ2v) is 3.99. The van der Waals surface area contributed by atoms with Gasteiger partial charge in [0.1, 0.15) is 0 Å². The number of nitrogens with zero attached hydrogens (tertiary/aromatic N) is 1. The van der Waals surface area contributed by atoms with E-state index in [0.29, 0.717) is 5.92 Å². The third kappa shape index (κ3) is 2.44. The summed E-state index contributed by atoms with van der Waals surface area (Å²) in [5, 5.41) is 0. The Labute approximate surface area is 74.9 Å². The van der Waals surface area contributed by atoms with Crippen LogP contribution in [0.1, 0.15) is 13.8 Å². The van der Waals surface area contributed by atoms with Crippen molar-refractivity contribution in [2.24, 2.45) is 11.7 Å². The van der Waals surface area contributed by atoms with E-state index in [-0.39, 0.29) is 12.1 Å². The third-order valence-electron chi connectivity index (χ3n) is 2.50. The first-order valence-electron chi connectivity index (χ1n) is 4.67. The minimum atomic E-state index is 0.174. The smallest absolute Gasteiger partial charge is 0.0855 e. The highest BCUT2D eigenvalue weighted by atomic mass is 16.5. The fourth-order valence-corrected chi connectivity index (χ4v) is 1.47. The molecule has 0 aliphatic carbocycles. The third-order valence-corrected chi connectivity index (χ3v) is 2.50. The van der Waals surface area contributed by atoms with Crippen LogP contribution in [-0.4, -0.2) is 43.8 Å². The molecule has 1 aliphatic heterocycles. The molecule has 0 bridgehead atoms. The number of nitrogens with two attached hydrogens (primary N) is 1. The van der Waals surface area contributed by atoms with Gasteiger partial charge >= 0.3 is 0 Å². The quantitative estimate of drug-likeness (QED) is 0.651. The molecular weight excluding hydrogens is 152 g/mol. The number of likely N-dealkylation sites (N-methyl/N-ethyl adjacent to an activating group) is 1. The van der Waals surface area contributed by atoms with E-state index >= 15 is 0 Å². The van der Waals surface area contributed by atoms with Gasteiger partial charge in [-0.1, -0.05) is 13.8 Å². The molecule has 0 aromatic carbocycles. The Morgan fingerprint density at radius 2 is 2.17 bits per heavy atom. The number of rotatable bonds is 2. The van der Waals surface area contributed by atoms with Crippen molar-refractivity contribution in [2.75, 3.05) is 26.7 Å². The summed E-state index contributed by atoms with van der Waals surface area (Å²) in [5.74, 6) is 0.501. The molecule has 72 valence electrons. The molecule has 2 unspecified atom stereocenters. The number of hydrogen-bond donors (Lipinski definition) is 1. The summed E-state index contributed by atoms with van der Waals surface area (Å²) in [6.07, 6.45) is 0.226. The van der Waals surface area contributed by atoms with Crippen molar-refractivity contribution in [2.45, 2.75) is 26.0 Å². The highest BCUT2D eigenvalue weighted by Crippen LogP contribution is 2.11. The van der Waals surface area contributed by atoms with Gasteiger partial charge in [0.15, 0.2) is 0 Å². The first-order valence-corrected chi connectivity index (χ1v) is 4.67. The zero-order valence-corrected chi connectivity index (χ0v) is 8.29. The topological polar surface area (TPSA) is 38.5 Å². The summed E-state index contributed by atoms with van der Waals surface area (Å²) in [4.78, 5) is 2.27. The zero-order chi connectivity index (χ0) is 9.14. The highest BCUT2D eigenvalue weighted by Gasteiger charge is 2.25. The lowest BCUT2D eigenvalue weighted by molar-refractivity contribution is -0.0391. The minimum Gasteiger partial charge on any atom is -0.374 e. The normalized spacial score (nSPS) is 29.2. The Bertz CT molecular complexity index is 138. The molecular formula is C9H20N2O. The predicted octanol–water partition coefficient (Wildman–Crippen LogP) is 0.300. The first-order chi connectivity index (χ1) is 5.61. The van der Waals surface area contributed by atoms with Gasteiger partial charge in [-0.05, 0) is 13.0 Å². The molecule has 1 saturated heterocycles. The van der Waals surface area contributed by atoms with Gasteiger partial charge in [-0.3, -0.25) is 0 Å². The van der Waals surface area contributed by atoms with Gasteiger partial charge in [-0.25, -0.2) is 0 Å². The van der Waals surface area contributed by atoms with Crippen LogP contribution in [0.25, 0.3) is 0 Å². The van der Waals surface area contributed by atoms with E-state index in [1.54, 1.807) is 0 Å². The van der Waals surface area contributed by atoms with E-state index in [9.17, 15) is 0 Å². The Kier molecular flexibility index (Phi) is 3.50. The fourth-order valence-electron chi connectivity index (χ4n) is 1.47. The average Bonchev–Trinajstić information content (AvgIpc) is 2.03. The van der Waals surface area contributed by atoms with E-state index in [4.69, 9.17) is 10.5 Å². The largest absolute Gasteiger partial charge is 0.374 e. The van der Waals surface area contributed by atoms with Crippen LogP contribution in [-0.2, 0) is 4.74 Å².